The standard InChI is InChI=1S/C20H20Cl2N2.ClH/c21-17-5-3-6-18(22)20(17)14-8-10-24(11-9-14)13-15-12-23-19-7-2-1-4-16(15)19;/h1-7,12,14,23H,8-11,13H2;1H. The van der Waals surface area contributed by atoms with Gasteiger partial charge in [0.2, 0.25) is 0 Å². The fourth-order valence-corrected chi connectivity index (χ4v) is 4.49. The molecule has 2 heterocycles. The van der Waals surface area contributed by atoms with E-state index in [-0.39, 0.29) is 12.4 Å². The summed E-state index contributed by atoms with van der Waals surface area (Å²) in [5.41, 5.74) is 3.72. The number of rotatable bonds is 3. The first-order chi connectivity index (χ1) is 11.7. The second-order valence-corrected chi connectivity index (χ2v) is 7.36. The number of nitrogens with one attached hydrogen (secondary N) is 1. The Balaban J connectivity index is 0.00000182. The summed E-state index contributed by atoms with van der Waals surface area (Å²) in [6.07, 6.45) is 4.35. The molecule has 1 saturated heterocycles. The molecule has 0 bridgehead atoms. The van der Waals surface area contributed by atoms with Crippen molar-refractivity contribution in [2.75, 3.05) is 13.1 Å². The Bertz CT molecular complexity index is 831. The van der Waals surface area contributed by atoms with E-state index in [2.05, 4.69) is 40.3 Å². The fourth-order valence-electron chi connectivity index (χ4n) is 3.78. The lowest BCUT2D eigenvalue weighted by molar-refractivity contribution is 0.205. The minimum atomic E-state index is 0. The van der Waals surface area contributed by atoms with Crippen LogP contribution in [0.1, 0.15) is 29.9 Å². The van der Waals surface area contributed by atoms with E-state index >= 15 is 0 Å². The minimum Gasteiger partial charge on any atom is -0.361 e. The zero-order valence-corrected chi connectivity index (χ0v) is 16.2. The summed E-state index contributed by atoms with van der Waals surface area (Å²) in [5, 5.41) is 2.93. The maximum Gasteiger partial charge on any atom is 0.0457 e. The molecule has 25 heavy (non-hydrogen) atoms. The summed E-state index contributed by atoms with van der Waals surface area (Å²) >= 11 is 12.8. The van der Waals surface area contributed by atoms with Crippen molar-refractivity contribution < 1.29 is 0 Å². The lowest BCUT2D eigenvalue weighted by Gasteiger charge is -2.32. The Kier molecular flexibility index (Phi) is 5.96. The van der Waals surface area contributed by atoms with Gasteiger partial charge in [0, 0.05) is 33.7 Å². The molecule has 0 spiro atoms. The van der Waals surface area contributed by atoms with Crippen LogP contribution in [0.4, 0.5) is 0 Å². The van der Waals surface area contributed by atoms with Crippen LogP contribution in [-0.4, -0.2) is 23.0 Å². The molecule has 0 amide bonds. The smallest absolute Gasteiger partial charge is 0.0457 e. The molecule has 1 aliphatic heterocycles. The van der Waals surface area contributed by atoms with Crippen molar-refractivity contribution in [3.63, 3.8) is 0 Å². The zero-order chi connectivity index (χ0) is 16.5. The molecule has 0 saturated carbocycles. The van der Waals surface area contributed by atoms with E-state index in [0.29, 0.717) is 5.92 Å². The quantitative estimate of drug-likeness (QED) is 0.553. The second-order valence-electron chi connectivity index (χ2n) is 6.55. The van der Waals surface area contributed by atoms with E-state index in [1.807, 2.05) is 18.2 Å². The minimum absolute atomic E-state index is 0. The van der Waals surface area contributed by atoms with E-state index in [1.54, 1.807) is 0 Å². The molecule has 2 aromatic carbocycles. The number of likely N-dealkylation sites (tertiary alicyclic amines) is 1. The molecular weight excluding hydrogens is 375 g/mol. The number of aromatic nitrogens is 1. The molecule has 5 heteroatoms. The SMILES string of the molecule is Cl.Clc1cccc(Cl)c1C1CCN(Cc2c[nH]c3ccccc23)CC1. The van der Waals surface area contributed by atoms with Crippen LogP contribution in [0.3, 0.4) is 0 Å². The lowest BCUT2D eigenvalue weighted by Crippen LogP contribution is -2.32. The molecular formula is C20H21Cl3N2. The van der Waals surface area contributed by atoms with Crippen molar-refractivity contribution in [2.24, 2.45) is 0 Å². The topological polar surface area (TPSA) is 19.0 Å². The molecule has 2 nitrogen and oxygen atoms in total. The van der Waals surface area contributed by atoms with E-state index in [9.17, 15) is 0 Å². The fraction of sp³-hybridized carbons (Fsp3) is 0.300. The highest BCUT2D eigenvalue weighted by atomic mass is 35.5. The zero-order valence-electron chi connectivity index (χ0n) is 13.8. The van der Waals surface area contributed by atoms with Gasteiger partial charge in [-0.05, 0) is 61.2 Å². The van der Waals surface area contributed by atoms with Gasteiger partial charge >= 0.3 is 0 Å². The maximum atomic E-state index is 6.38. The number of halogens is 3. The first-order valence-corrected chi connectivity index (χ1v) is 9.19. The highest BCUT2D eigenvalue weighted by molar-refractivity contribution is 6.36. The molecule has 3 aromatic rings. The first kappa shape index (κ1) is 18.6. The van der Waals surface area contributed by atoms with Crippen LogP contribution in [0.15, 0.2) is 48.7 Å². The van der Waals surface area contributed by atoms with Gasteiger partial charge in [-0.2, -0.15) is 0 Å². The summed E-state index contributed by atoms with van der Waals surface area (Å²) in [7, 11) is 0. The molecule has 1 aromatic heterocycles. The van der Waals surface area contributed by atoms with Crippen molar-refractivity contribution in [3.05, 3.63) is 69.8 Å². The summed E-state index contributed by atoms with van der Waals surface area (Å²) in [6.45, 7) is 3.14. The van der Waals surface area contributed by atoms with Gasteiger partial charge in [0.1, 0.15) is 0 Å². The van der Waals surface area contributed by atoms with Crippen LogP contribution >= 0.6 is 35.6 Å². The van der Waals surface area contributed by atoms with Crippen LogP contribution in [0, 0.1) is 0 Å². The van der Waals surface area contributed by atoms with Gasteiger partial charge in [-0.1, -0.05) is 47.5 Å². The van der Waals surface area contributed by atoms with Crippen LogP contribution < -0.4 is 0 Å². The van der Waals surface area contributed by atoms with Crippen molar-refractivity contribution in [1.82, 2.24) is 9.88 Å². The number of fused-ring (bicyclic) bond motifs is 1. The maximum absolute atomic E-state index is 6.38. The van der Waals surface area contributed by atoms with Gasteiger partial charge in [0.25, 0.3) is 0 Å². The van der Waals surface area contributed by atoms with Crippen LogP contribution in [-0.2, 0) is 6.54 Å². The van der Waals surface area contributed by atoms with Crippen molar-refractivity contribution in [1.29, 1.82) is 0 Å². The summed E-state index contributed by atoms with van der Waals surface area (Å²) in [6, 6.07) is 14.3. The highest BCUT2D eigenvalue weighted by Crippen LogP contribution is 2.37. The van der Waals surface area contributed by atoms with Gasteiger partial charge in [0.15, 0.2) is 0 Å². The largest absolute Gasteiger partial charge is 0.361 e. The highest BCUT2D eigenvalue weighted by Gasteiger charge is 2.24. The Hall–Kier alpha value is -1.19. The molecule has 1 fully saturated rings. The van der Waals surface area contributed by atoms with Gasteiger partial charge in [0.05, 0.1) is 0 Å². The number of nitrogens with zero attached hydrogens (tertiary/aromatic N) is 1. The average Bonchev–Trinajstić information content (AvgIpc) is 2.99. The molecule has 0 aliphatic carbocycles. The number of benzene rings is 2. The lowest BCUT2D eigenvalue weighted by atomic mass is 9.89. The number of piperidine rings is 1. The Labute approximate surface area is 164 Å². The molecule has 0 atom stereocenters. The monoisotopic (exact) mass is 394 g/mol. The molecule has 0 unspecified atom stereocenters. The van der Waals surface area contributed by atoms with E-state index in [1.165, 1.54) is 16.5 Å². The summed E-state index contributed by atoms with van der Waals surface area (Å²) in [4.78, 5) is 5.89. The Morgan fingerprint density at radius 2 is 1.64 bits per heavy atom. The average molecular weight is 396 g/mol. The molecule has 1 aliphatic rings. The summed E-state index contributed by atoms with van der Waals surface area (Å²) < 4.78 is 0. The van der Waals surface area contributed by atoms with Crippen molar-refractivity contribution in [2.45, 2.75) is 25.3 Å². The van der Waals surface area contributed by atoms with Gasteiger partial charge < -0.3 is 4.98 Å². The number of para-hydroxylation sites is 1. The number of hydrogen-bond donors (Lipinski definition) is 1. The third-order valence-electron chi connectivity index (χ3n) is 5.06. The molecule has 1 N–H and O–H groups in total. The first-order valence-electron chi connectivity index (χ1n) is 8.43. The third-order valence-corrected chi connectivity index (χ3v) is 5.72. The van der Waals surface area contributed by atoms with Gasteiger partial charge in [-0.15, -0.1) is 12.4 Å². The Morgan fingerprint density at radius 3 is 2.36 bits per heavy atom. The molecule has 0 radical (unpaired) electrons. The van der Waals surface area contributed by atoms with Crippen molar-refractivity contribution in [3.8, 4) is 0 Å². The van der Waals surface area contributed by atoms with Gasteiger partial charge in [-0.25, -0.2) is 0 Å². The number of H-pyrrole nitrogens is 1. The van der Waals surface area contributed by atoms with Crippen molar-refractivity contribution >= 4 is 46.5 Å². The van der Waals surface area contributed by atoms with E-state index in [4.69, 9.17) is 23.2 Å². The predicted octanol–water partition coefficient (Wildman–Crippen LogP) is 6.28. The van der Waals surface area contributed by atoms with E-state index in [0.717, 1.165) is 48.1 Å². The van der Waals surface area contributed by atoms with Crippen LogP contribution in [0.25, 0.3) is 10.9 Å². The number of aromatic amines is 1. The Morgan fingerprint density at radius 1 is 0.960 bits per heavy atom. The van der Waals surface area contributed by atoms with Crippen LogP contribution in [0.5, 0.6) is 0 Å². The van der Waals surface area contributed by atoms with Crippen LogP contribution in [0.2, 0.25) is 10.0 Å². The van der Waals surface area contributed by atoms with E-state index < -0.39 is 0 Å². The van der Waals surface area contributed by atoms with Gasteiger partial charge in [-0.3, -0.25) is 4.90 Å². The predicted molar refractivity (Wildman–Crippen MR) is 109 cm³/mol. The third kappa shape index (κ3) is 3.83. The second kappa shape index (κ2) is 8.01. The normalized spacial score (nSPS) is 16.1. The number of hydrogen-bond acceptors (Lipinski definition) is 1. The molecule has 4 rings (SSSR count). The molecule has 132 valence electrons. The summed E-state index contributed by atoms with van der Waals surface area (Å²) in [5.74, 6) is 0.463.